The first kappa shape index (κ1) is 17.9. The molecule has 0 aliphatic carbocycles. The number of rotatable bonds is 8. The molecule has 0 spiro atoms. The summed E-state index contributed by atoms with van der Waals surface area (Å²) in [6, 6.07) is 0. The van der Waals surface area contributed by atoms with Gasteiger partial charge in [0, 0.05) is 13.1 Å². The van der Waals surface area contributed by atoms with E-state index in [2.05, 4.69) is 20.3 Å². The molecular formula is C14H22N6O5. The van der Waals surface area contributed by atoms with Crippen molar-refractivity contribution in [1.82, 2.24) is 19.5 Å². The molecule has 3 rings (SSSR count). The van der Waals surface area contributed by atoms with Crippen molar-refractivity contribution >= 4 is 17.0 Å². The van der Waals surface area contributed by atoms with Crippen LogP contribution in [0.25, 0.3) is 11.2 Å². The smallest absolute Gasteiger partial charge is 0.167 e. The van der Waals surface area contributed by atoms with Crippen molar-refractivity contribution in [3.8, 4) is 0 Å². The molecule has 138 valence electrons. The van der Waals surface area contributed by atoms with Gasteiger partial charge in [0.15, 0.2) is 23.2 Å². The van der Waals surface area contributed by atoms with Gasteiger partial charge in [-0.25, -0.2) is 15.0 Å². The molecule has 11 heteroatoms. The van der Waals surface area contributed by atoms with E-state index in [1.165, 1.54) is 17.2 Å². The zero-order chi connectivity index (χ0) is 17.8. The highest BCUT2D eigenvalue weighted by Gasteiger charge is 2.44. The molecule has 2 unspecified atom stereocenters. The average molecular weight is 354 g/mol. The molecule has 1 saturated heterocycles. The summed E-state index contributed by atoms with van der Waals surface area (Å²) in [4.78, 5) is 12.6. The molecule has 2 aromatic heterocycles. The lowest BCUT2D eigenvalue weighted by atomic mass is 10.1. The quantitative estimate of drug-likeness (QED) is 0.330. The number of aliphatic hydroxyl groups is 3. The van der Waals surface area contributed by atoms with Crippen LogP contribution < -0.4 is 11.1 Å². The van der Waals surface area contributed by atoms with Crippen molar-refractivity contribution in [2.75, 3.05) is 38.2 Å². The molecule has 0 aromatic carbocycles. The lowest BCUT2D eigenvalue weighted by Crippen LogP contribution is -2.33. The summed E-state index contributed by atoms with van der Waals surface area (Å²) in [7, 11) is 0. The van der Waals surface area contributed by atoms with E-state index >= 15 is 0 Å². The monoisotopic (exact) mass is 354 g/mol. The second-order valence-corrected chi connectivity index (χ2v) is 5.60. The highest BCUT2D eigenvalue weighted by molar-refractivity contribution is 5.82. The van der Waals surface area contributed by atoms with E-state index in [1.807, 2.05) is 0 Å². The first-order valence-electron chi connectivity index (χ1n) is 7.99. The van der Waals surface area contributed by atoms with Crippen molar-refractivity contribution in [2.45, 2.75) is 24.5 Å². The van der Waals surface area contributed by atoms with Gasteiger partial charge in [-0.3, -0.25) is 4.57 Å². The first-order chi connectivity index (χ1) is 12.2. The SMILES string of the molecule is NCCOCCNc1ncnc2c1ncn2[C@@H]1O[C@H](CO)C(O)C1O. The standard InChI is InChI=1S/C14H22N6O5/c15-1-3-24-4-2-16-12-9-13(18-6-17-12)20(7-19-9)14-11(23)10(22)8(5-21)25-14/h6-8,10-11,14,21-23H,1-5,15H2,(H,16,17,18)/t8-,10?,11?,14-/m1/s1. The number of ether oxygens (including phenoxy) is 2. The lowest BCUT2D eigenvalue weighted by molar-refractivity contribution is -0.0511. The molecule has 2 aromatic rings. The molecule has 4 atom stereocenters. The van der Waals surface area contributed by atoms with E-state index in [0.29, 0.717) is 43.3 Å². The van der Waals surface area contributed by atoms with Crippen LogP contribution in [-0.4, -0.2) is 86.1 Å². The Labute approximate surface area is 143 Å². The van der Waals surface area contributed by atoms with Gasteiger partial charge < -0.3 is 35.8 Å². The van der Waals surface area contributed by atoms with Gasteiger partial charge in [0.1, 0.15) is 24.6 Å². The molecule has 0 amide bonds. The minimum atomic E-state index is -1.20. The van der Waals surface area contributed by atoms with E-state index in [1.54, 1.807) is 0 Å². The van der Waals surface area contributed by atoms with Gasteiger partial charge in [-0.1, -0.05) is 0 Å². The van der Waals surface area contributed by atoms with Crippen molar-refractivity contribution in [3.05, 3.63) is 12.7 Å². The van der Waals surface area contributed by atoms with Gasteiger partial charge in [-0.15, -0.1) is 0 Å². The third-order valence-corrected chi connectivity index (χ3v) is 3.95. The zero-order valence-electron chi connectivity index (χ0n) is 13.5. The summed E-state index contributed by atoms with van der Waals surface area (Å²) in [6.45, 7) is 1.55. The Hall–Kier alpha value is -1.89. The molecular weight excluding hydrogens is 332 g/mol. The van der Waals surface area contributed by atoms with Gasteiger partial charge in [-0.05, 0) is 0 Å². The number of aliphatic hydroxyl groups excluding tert-OH is 3. The number of hydrogen-bond acceptors (Lipinski definition) is 10. The second kappa shape index (κ2) is 7.99. The van der Waals surface area contributed by atoms with Crippen LogP contribution in [0.5, 0.6) is 0 Å². The molecule has 25 heavy (non-hydrogen) atoms. The van der Waals surface area contributed by atoms with E-state index in [4.69, 9.17) is 15.2 Å². The predicted octanol–water partition coefficient (Wildman–Crippen LogP) is -2.17. The molecule has 6 N–H and O–H groups in total. The third-order valence-electron chi connectivity index (χ3n) is 3.95. The summed E-state index contributed by atoms with van der Waals surface area (Å²) in [5, 5.41) is 32.4. The maximum absolute atomic E-state index is 10.2. The Morgan fingerprint density at radius 3 is 2.80 bits per heavy atom. The first-order valence-corrected chi connectivity index (χ1v) is 7.99. The molecule has 1 aliphatic rings. The van der Waals surface area contributed by atoms with Crippen LogP contribution in [0.4, 0.5) is 5.82 Å². The van der Waals surface area contributed by atoms with Gasteiger partial charge in [0.25, 0.3) is 0 Å². The number of aromatic nitrogens is 4. The van der Waals surface area contributed by atoms with Crippen LogP contribution in [0.1, 0.15) is 6.23 Å². The maximum atomic E-state index is 10.2. The molecule has 11 nitrogen and oxygen atoms in total. The highest BCUT2D eigenvalue weighted by atomic mass is 16.6. The maximum Gasteiger partial charge on any atom is 0.167 e. The van der Waals surface area contributed by atoms with E-state index < -0.39 is 31.1 Å². The Morgan fingerprint density at radius 2 is 2.08 bits per heavy atom. The largest absolute Gasteiger partial charge is 0.394 e. The number of nitrogens with zero attached hydrogens (tertiary/aromatic N) is 4. The molecule has 3 heterocycles. The lowest BCUT2D eigenvalue weighted by Gasteiger charge is -2.16. The highest BCUT2D eigenvalue weighted by Crippen LogP contribution is 2.31. The van der Waals surface area contributed by atoms with E-state index in [0.717, 1.165) is 0 Å². The Bertz CT molecular complexity index is 697. The average Bonchev–Trinajstić information content (AvgIpc) is 3.17. The molecule has 0 bridgehead atoms. The topological polar surface area (TPSA) is 161 Å². The van der Waals surface area contributed by atoms with Crippen LogP contribution in [-0.2, 0) is 9.47 Å². The second-order valence-electron chi connectivity index (χ2n) is 5.60. The summed E-state index contributed by atoms with van der Waals surface area (Å²) in [5.41, 5.74) is 6.29. The minimum Gasteiger partial charge on any atom is -0.394 e. The van der Waals surface area contributed by atoms with Crippen molar-refractivity contribution < 1.29 is 24.8 Å². The number of fused-ring (bicyclic) bond motifs is 1. The Kier molecular flexibility index (Phi) is 5.73. The Morgan fingerprint density at radius 1 is 1.24 bits per heavy atom. The van der Waals surface area contributed by atoms with Gasteiger partial charge in [0.2, 0.25) is 0 Å². The zero-order valence-corrected chi connectivity index (χ0v) is 13.5. The molecule has 0 radical (unpaired) electrons. The fourth-order valence-corrected chi connectivity index (χ4v) is 2.70. The van der Waals surface area contributed by atoms with Crippen LogP contribution in [0, 0.1) is 0 Å². The summed E-state index contributed by atoms with van der Waals surface area (Å²) in [6.07, 6.45) is -1.33. The van der Waals surface area contributed by atoms with Gasteiger partial charge >= 0.3 is 0 Å². The van der Waals surface area contributed by atoms with Gasteiger partial charge in [0.05, 0.1) is 26.1 Å². The number of hydrogen-bond donors (Lipinski definition) is 5. The number of imidazole rings is 1. The van der Waals surface area contributed by atoms with Crippen LogP contribution in [0.15, 0.2) is 12.7 Å². The number of anilines is 1. The fourth-order valence-electron chi connectivity index (χ4n) is 2.70. The van der Waals surface area contributed by atoms with Crippen LogP contribution >= 0.6 is 0 Å². The number of nitrogens with two attached hydrogens (primary N) is 1. The summed E-state index contributed by atoms with van der Waals surface area (Å²) in [5.74, 6) is 0.520. The number of nitrogens with one attached hydrogen (secondary N) is 1. The van der Waals surface area contributed by atoms with Crippen molar-refractivity contribution in [2.24, 2.45) is 5.73 Å². The van der Waals surface area contributed by atoms with Crippen LogP contribution in [0.2, 0.25) is 0 Å². The van der Waals surface area contributed by atoms with E-state index in [-0.39, 0.29) is 0 Å². The third kappa shape index (κ3) is 3.56. The Balaban J connectivity index is 1.77. The van der Waals surface area contributed by atoms with Gasteiger partial charge in [-0.2, -0.15) is 0 Å². The molecule has 0 saturated carbocycles. The predicted molar refractivity (Wildman–Crippen MR) is 86.7 cm³/mol. The fraction of sp³-hybridized carbons (Fsp3) is 0.643. The summed E-state index contributed by atoms with van der Waals surface area (Å²) < 4.78 is 12.3. The molecule has 1 aliphatic heterocycles. The van der Waals surface area contributed by atoms with Crippen LogP contribution in [0.3, 0.4) is 0 Å². The minimum absolute atomic E-state index is 0.397. The summed E-state index contributed by atoms with van der Waals surface area (Å²) >= 11 is 0. The van der Waals surface area contributed by atoms with Crippen molar-refractivity contribution in [1.29, 1.82) is 0 Å². The van der Waals surface area contributed by atoms with E-state index in [9.17, 15) is 15.3 Å². The normalized spacial score (nSPS) is 26.4. The molecule has 1 fully saturated rings. The van der Waals surface area contributed by atoms with Crippen molar-refractivity contribution in [3.63, 3.8) is 0 Å².